The Kier molecular flexibility index (Phi) is 12.2. The Morgan fingerprint density at radius 3 is 2.44 bits per heavy atom. The third-order valence-corrected chi connectivity index (χ3v) is 10.6. The van der Waals surface area contributed by atoms with Crippen LogP contribution in [0, 0.1) is 11.3 Å². The molecule has 4 amide bonds. The van der Waals surface area contributed by atoms with E-state index in [0.29, 0.717) is 56.3 Å². The molecule has 4 aliphatic rings. The van der Waals surface area contributed by atoms with E-state index in [0.717, 1.165) is 31.2 Å². The van der Waals surface area contributed by atoms with Gasteiger partial charge in [-0.3, -0.25) is 24.0 Å². The van der Waals surface area contributed by atoms with Crippen LogP contribution in [0.5, 0.6) is 0 Å². The molecule has 50 heavy (non-hydrogen) atoms. The van der Waals surface area contributed by atoms with Crippen LogP contribution in [0.15, 0.2) is 29.4 Å². The Morgan fingerprint density at radius 2 is 1.78 bits per heavy atom. The quantitative estimate of drug-likeness (QED) is 0.330. The maximum atomic E-state index is 14.6. The summed E-state index contributed by atoms with van der Waals surface area (Å²) in [7, 11) is 0. The predicted molar refractivity (Wildman–Crippen MR) is 188 cm³/mol. The summed E-state index contributed by atoms with van der Waals surface area (Å²) in [6, 6.07) is 4.22. The van der Waals surface area contributed by atoms with E-state index in [2.05, 4.69) is 15.8 Å². The number of benzene rings is 1. The number of ketones is 1. The molecule has 1 aliphatic carbocycles. The van der Waals surface area contributed by atoms with Crippen LogP contribution in [0.2, 0.25) is 5.02 Å². The van der Waals surface area contributed by atoms with Crippen LogP contribution >= 0.6 is 11.6 Å². The van der Waals surface area contributed by atoms with Crippen molar-refractivity contribution in [1.29, 1.82) is 0 Å². The fourth-order valence-electron chi connectivity index (χ4n) is 7.54. The van der Waals surface area contributed by atoms with Crippen molar-refractivity contribution in [3.05, 3.63) is 34.9 Å². The summed E-state index contributed by atoms with van der Waals surface area (Å²) in [4.78, 5) is 77.9. The standard InChI is InChI=1S/C37H52ClN5O7/c1-5-10-27(31(45)34(47)42-15-17-49-18-16-42)39-33(46)29-22-37(21-28(41-50-37)25-13-9-14-26(38)20-25)23-43(29)35(48)32(36(2,3)4)40-30(44)19-24-11-7-6-8-12-24/h9,13-14,20,24,27,29,32H,5-8,10-12,15-19,21-23H2,1-4H3,(H,39,46)(H,40,44)/t27-,29-,32+,37+/m0/s1. The summed E-state index contributed by atoms with van der Waals surface area (Å²) in [6.45, 7) is 8.87. The van der Waals surface area contributed by atoms with Gasteiger partial charge in [0.05, 0.1) is 31.5 Å². The Labute approximate surface area is 300 Å². The number of nitrogens with one attached hydrogen (secondary N) is 2. The van der Waals surface area contributed by atoms with E-state index in [1.54, 1.807) is 12.1 Å². The molecule has 5 rings (SSSR count). The number of hydrogen-bond acceptors (Lipinski definition) is 8. The third kappa shape index (κ3) is 9.04. The average Bonchev–Trinajstić information content (AvgIpc) is 3.70. The highest BCUT2D eigenvalue weighted by Crippen LogP contribution is 2.40. The summed E-state index contributed by atoms with van der Waals surface area (Å²) < 4.78 is 5.33. The van der Waals surface area contributed by atoms with Crippen LogP contribution in [0.3, 0.4) is 0 Å². The number of ether oxygens (including phenoxy) is 1. The van der Waals surface area contributed by atoms with E-state index >= 15 is 0 Å². The van der Waals surface area contributed by atoms with Gasteiger partial charge in [0.1, 0.15) is 12.1 Å². The first-order valence-electron chi connectivity index (χ1n) is 18.1. The smallest absolute Gasteiger partial charge is 0.292 e. The molecule has 1 aromatic rings. The van der Waals surface area contributed by atoms with E-state index in [-0.39, 0.29) is 31.2 Å². The van der Waals surface area contributed by atoms with Gasteiger partial charge in [0.2, 0.25) is 23.5 Å². The lowest BCUT2D eigenvalue weighted by atomic mass is 9.84. The molecule has 1 aromatic carbocycles. The molecule has 0 bridgehead atoms. The average molecular weight is 714 g/mol. The molecule has 4 atom stereocenters. The van der Waals surface area contributed by atoms with E-state index in [9.17, 15) is 24.0 Å². The first-order chi connectivity index (χ1) is 23.8. The van der Waals surface area contributed by atoms with E-state index in [1.165, 1.54) is 16.2 Å². The van der Waals surface area contributed by atoms with Crippen molar-refractivity contribution in [3.63, 3.8) is 0 Å². The third-order valence-electron chi connectivity index (χ3n) is 10.3. The minimum absolute atomic E-state index is 0.0433. The van der Waals surface area contributed by atoms with Crippen molar-refractivity contribution in [1.82, 2.24) is 20.4 Å². The van der Waals surface area contributed by atoms with Gasteiger partial charge in [0.15, 0.2) is 5.60 Å². The monoisotopic (exact) mass is 713 g/mol. The molecular formula is C37H52ClN5O7. The number of amides is 4. The minimum Gasteiger partial charge on any atom is -0.387 e. The number of Topliss-reactive ketones (excluding diaryl/α,β-unsaturated/α-hetero) is 1. The molecule has 2 N–H and O–H groups in total. The van der Waals surface area contributed by atoms with Crippen molar-refractivity contribution in [2.24, 2.45) is 16.5 Å². The molecular weight excluding hydrogens is 662 g/mol. The summed E-state index contributed by atoms with van der Waals surface area (Å²) >= 11 is 6.26. The van der Waals surface area contributed by atoms with Crippen molar-refractivity contribution in [2.75, 3.05) is 32.8 Å². The molecule has 274 valence electrons. The van der Waals surface area contributed by atoms with Crippen molar-refractivity contribution >= 4 is 46.7 Å². The molecule has 12 nitrogen and oxygen atoms in total. The van der Waals surface area contributed by atoms with Crippen LogP contribution < -0.4 is 10.6 Å². The molecule has 3 heterocycles. The summed E-state index contributed by atoms with van der Waals surface area (Å²) in [5.41, 5.74) is -0.278. The van der Waals surface area contributed by atoms with Gasteiger partial charge in [-0.25, -0.2) is 0 Å². The van der Waals surface area contributed by atoms with Gasteiger partial charge in [-0.2, -0.15) is 0 Å². The van der Waals surface area contributed by atoms with Crippen LogP contribution in [-0.4, -0.2) is 101 Å². The lowest BCUT2D eigenvalue weighted by Crippen LogP contribution is -2.59. The molecule has 0 unspecified atom stereocenters. The van der Waals surface area contributed by atoms with Gasteiger partial charge in [-0.15, -0.1) is 0 Å². The van der Waals surface area contributed by atoms with Crippen molar-refractivity contribution in [2.45, 2.75) is 116 Å². The predicted octanol–water partition coefficient (Wildman–Crippen LogP) is 4.02. The van der Waals surface area contributed by atoms with Gasteiger partial charge in [0, 0.05) is 42.9 Å². The number of carbonyl (C=O) groups excluding carboxylic acids is 5. The number of rotatable bonds is 11. The van der Waals surface area contributed by atoms with Crippen molar-refractivity contribution in [3.8, 4) is 0 Å². The molecule has 1 saturated carbocycles. The zero-order valence-electron chi connectivity index (χ0n) is 29.8. The number of halogens is 1. The first kappa shape index (κ1) is 37.7. The Balaban J connectivity index is 1.39. The topological polar surface area (TPSA) is 147 Å². The summed E-state index contributed by atoms with van der Waals surface area (Å²) in [6.07, 6.45) is 6.96. The van der Waals surface area contributed by atoms with Gasteiger partial charge < -0.3 is 30.0 Å². The van der Waals surface area contributed by atoms with Crippen LogP contribution in [0.25, 0.3) is 0 Å². The Morgan fingerprint density at radius 1 is 1.06 bits per heavy atom. The fraction of sp³-hybridized carbons (Fsp3) is 0.676. The number of oxime groups is 1. The second-order valence-corrected chi connectivity index (χ2v) is 15.8. The van der Waals surface area contributed by atoms with Gasteiger partial charge in [-0.05, 0) is 42.7 Å². The SMILES string of the molecule is CCC[C@H](NC(=O)[C@@H]1C[C@]2(CC(c3cccc(Cl)c3)=NO2)CN1C(=O)[C@@H](NC(=O)CC1CCCCC1)C(C)(C)C)C(=O)C(=O)N1CCOCC1. The zero-order valence-corrected chi connectivity index (χ0v) is 30.6. The van der Waals surface area contributed by atoms with Crippen molar-refractivity contribution < 1.29 is 33.5 Å². The molecule has 1 spiro atoms. The van der Waals surface area contributed by atoms with Gasteiger partial charge >= 0.3 is 0 Å². The second kappa shape index (κ2) is 16.2. The summed E-state index contributed by atoms with van der Waals surface area (Å²) in [5, 5.41) is 10.8. The van der Waals surface area contributed by atoms with Crippen LogP contribution in [0.4, 0.5) is 0 Å². The lowest BCUT2D eigenvalue weighted by molar-refractivity contribution is -0.149. The maximum absolute atomic E-state index is 14.6. The highest BCUT2D eigenvalue weighted by atomic mass is 35.5. The van der Waals surface area contributed by atoms with E-state index in [4.69, 9.17) is 21.2 Å². The second-order valence-electron chi connectivity index (χ2n) is 15.4. The molecule has 2 saturated heterocycles. The Bertz CT molecular complexity index is 1470. The number of carbonyl (C=O) groups is 5. The molecule has 3 fully saturated rings. The highest BCUT2D eigenvalue weighted by molar-refractivity contribution is 6.38. The maximum Gasteiger partial charge on any atom is 0.292 e. The van der Waals surface area contributed by atoms with E-state index in [1.807, 2.05) is 39.8 Å². The summed E-state index contributed by atoms with van der Waals surface area (Å²) in [5.74, 6) is -2.21. The van der Waals surface area contributed by atoms with Crippen LogP contribution in [0.1, 0.15) is 97.5 Å². The molecule has 13 heteroatoms. The normalized spacial score (nSPS) is 23.9. The lowest BCUT2D eigenvalue weighted by Gasteiger charge is -2.36. The number of morpholine rings is 1. The first-order valence-corrected chi connectivity index (χ1v) is 18.5. The molecule has 0 aromatic heterocycles. The van der Waals surface area contributed by atoms with Gasteiger partial charge in [-0.1, -0.05) is 82.3 Å². The Hall–Kier alpha value is -3.51. The molecule has 0 radical (unpaired) electrons. The largest absolute Gasteiger partial charge is 0.387 e. The van der Waals surface area contributed by atoms with Gasteiger partial charge in [0.25, 0.3) is 5.91 Å². The molecule has 3 aliphatic heterocycles. The van der Waals surface area contributed by atoms with Crippen LogP contribution in [-0.2, 0) is 33.5 Å². The minimum atomic E-state index is -1.06. The fourth-order valence-corrected chi connectivity index (χ4v) is 7.73. The highest BCUT2D eigenvalue weighted by Gasteiger charge is 2.55. The number of hydrogen-bond donors (Lipinski definition) is 2. The number of nitrogens with zero attached hydrogens (tertiary/aromatic N) is 3. The number of likely N-dealkylation sites (tertiary alicyclic amines) is 1. The van der Waals surface area contributed by atoms with E-state index < -0.39 is 52.6 Å². The zero-order chi connectivity index (χ0) is 36.1.